The zero-order valence-corrected chi connectivity index (χ0v) is 10.8. The highest BCUT2D eigenvalue weighted by molar-refractivity contribution is 7.71. The Morgan fingerprint density at radius 3 is 2.83 bits per heavy atom. The van der Waals surface area contributed by atoms with Crippen molar-refractivity contribution in [1.29, 1.82) is 0 Å². The summed E-state index contributed by atoms with van der Waals surface area (Å²) in [5.74, 6) is -0.285. The molecule has 0 saturated heterocycles. The number of H-pyrrole nitrogens is 1. The smallest absolute Gasteiger partial charge is 0.182 e. The maximum atomic E-state index is 13.4. The van der Waals surface area contributed by atoms with Gasteiger partial charge in [0.05, 0.1) is 22.4 Å². The molecule has 2 heterocycles. The van der Waals surface area contributed by atoms with Crippen LogP contribution >= 0.6 is 12.2 Å². The zero-order valence-electron chi connectivity index (χ0n) is 9.94. The SMILES string of the molecule is Cc1nn(C)cc1-n1c(=S)[nH]c2ccc(F)cc21. The lowest BCUT2D eigenvalue weighted by molar-refractivity contribution is 0.629. The summed E-state index contributed by atoms with van der Waals surface area (Å²) < 4.78 is 17.4. The molecular weight excluding hydrogens is 251 g/mol. The second-order valence-electron chi connectivity index (χ2n) is 4.20. The van der Waals surface area contributed by atoms with E-state index in [1.165, 1.54) is 12.1 Å². The number of imidazole rings is 1. The van der Waals surface area contributed by atoms with Gasteiger partial charge in [-0.05, 0) is 31.3 Å². The van der Waals surface area contributed by atoms with Gasteiger partial charge in [0.15, 0.2) is 4.77 Å². The minimum Gasteiger partial charge on any atom is -0.330 e. The van der Waals surface area contributed by atoms with E-state index < -0.39 is 0 Å². The third kappa shape index (κ3) is 1.57. The standard InChI is InChI=1S/C12H11FN4S/c1-7-11(6-16(2)15-7)17-10-5-8(13)3-4-9(10)14-12(17)18/h3-6H,1-2H3,(H,14,18). The first-order valence-electron chi connectivity index (χ1n) is 5.47. The fourth-order valence-electron chi connectivity index (χ4n) is 2.12. The summed E-state index contributed by atoms with van der Waals surface area (Å²) in [5, 5.41) is 4.28. The Balaban J connectivity index is 2.41. The van der Waals surface area contributed by atoms with E-state index >= 15 is 0 Å². The lowest BCUT2D eigenvalue weighted by Gasteiger charge is -2.01. The van der Waals surface area contributed by atoms with Gasteiger partial charge in [0.2, 0.25) is 0 Å². The third-order valence-electron chi connectivity index (χ3n) is 2.87. The molecule has 18 heavy (non-hydrogen) atoms. The normalized spacial score (nSPS) is 11.3. The zero-order chi connectivity index (χ0) is 12.9. The molecule has 2 aromatic heterocycles. The minimum atomic E-state index is -0.285. The van der Waals surface area contributed by atoms with Crippen LogP contribution in [-0.2, 0) is 7.05 Å². The Bertz CT molecular complexity index is 796. The number of aryl methyl sites for hydroxylation is 2. The molecular formula is C12H11FN4S. The second kappa shape index (κ2) is 3.78. The molecule has 1 N–H and O–H groups in total. The number of aromatic nitrogens is 4. The maximum Gasteiger partial charge on any atom is 0.182 e. The molecule has 4 nitrogen and oxygen atoms in total. The first-order valence-corrected chi connectivity index (χ1v) is 5.88. The molecule has 3 aromatic rings. The second-order valence-corrected chi connectivity index (χ2v) is 4.59. The van der Waals surface area contributed by atoms with E-state index in [-0.39, 0.29) is 5.82 Å². The highest BCUT2D eigenvalue weighted by Crippen LogP contribution is 2.22. The summed E-state index contributed by atoms with van der Waals surface area (Å²) in [6, 6.07) is 4.56. The van der Waals surface area contributed by atoms with Crippen LogP contribution in [0.3, 0.4) is 0 Å². The highest BCUT2D eigenvalue weighted by Gasteiger charge is 2.11. The predicted octanol–water partition coefficient (Wildman–Crippen LogP) is 2.87. The third-order valence-corrected chi connectivity index (χ3v) is 3.16. The van der Waals surface area contributed by atoms with Crippen molar-refractivity contribution in [2.75, 3.05) is 0 Å². The van der Waals surface area contributed by atoms with E-state index in [2.05, 4.69) is 10.1 Å². The molecule has 0 saturated carbocycles. The fraction of sp³-hybridized carbons (Fsp3) is 0.167. The molecule has 92 valence electrons. The number of aromatic amines is 1. The van der Waals surface area contributed by atoms with Gasteiger partial charge in [0.1, 0.15) is 5.82 Å². The van der Waals surface area contributed by atoms with Crippen LogP contribution in [0.25, 0.3) is 16.7 Å². The number of fused-ring (bicyclic) bond motifs is 1. The quantitative estimate of drug-likeness (QED) is 0.685. The van der Waals surface area contributed by atoms with Gasteiger partial charge in [-0.3, -0.25) is 9.25 Å². The average Bonchev–Trinajstić information content (AvgIpc) is 2.77. The van der Waals surface area contributed by atoms with Crippen LogP contribution in [0.5, 0.6) is 0 Å². The van der Waals surface area contributed by atoms with E-state index in [0.717, 1.165) is 22.4 Å². The molecule has 0 radical (unpaired) electrons. The predicted molar refractivity (Wildman–Crippen MR) is 69.9 cm³/mol. The van der Waals surface area contributed by atoms with Crippen molar-refractivity contribution in [2.24, 2.45) is 7.05 Å². The lowest BCUT2D eigenvalue weighted by Crippen LogP contribution is -1.94. The van der Waals surface area contributed by atoms with Crippen molar-refractivity contribution in [3.8, 4) is 5.69 Å². The lowest BCUT2D eigenvalue weighted by atomic mass is 10.3. The molecule has 0 unspecified atom stereocenters. The molecule has 0 aliphatic heterocycles. The van der Waals surface area contributed by atoms with Crippen LogP contribution < -0.4 is 0 Å². The molecule has 0 amide bonds. The largest absolute Gasteiger partial charge is 0.330 e. The van der Waals surface area contributed by atoms with Gasteiger partial charge < -0.3 is 4.98 Å². The summed E-state index contributed by atoms with van der Waals surface area (Å²) in [6.07, 6.45) is 1.86. The van der Waals surface area contributed by atoms with Gasteiger partial charge >= 0.3 is 0 Å². The minimum absolute atomic E-state index is 0.285. The average molecular weight is 262 g/mol. The van der Waals surface area contributed by atoms with Crippen LogP contribution in [-0.4, -0.2) is 19.3 Å². The van der Waals surface area contributed by atoms with Gasteiger partial charge in [-0.25, -0.2) is 4.39 Å². The first kappa shape index (κ1) is 11.2. The van der Waals surface area contributed by atoms with Crippen LogP contribution in [0, 0.1) is 17.5 Å². The Hall–Kier alpha value is -1.95. The van der Waals surface area contributed by atoms with E-state index in [4.69, 9.17) is 12.2 Å². The molecule has 0 aliphatic rings. The molecule has 0 spiro atoms. The number of rotatable bonds is 1. The summed E-state index contributed by atoms with van der Waals surface area (Å²) in [6.45, 7) is 1.90. The van der Waals surface area contributed by atoms with Gasteiger partial charge in [0.25, 0.3) is 0 Å². The van der Waals surface area contributed by atoms with Crippen LogP contribution in [0.2, 0.25) is 0 Å². The van der Waals surface area contributed by atoms with Crippen LogP contribution in [0.4, 0.5) is 4.39 Å². The van der Waals surface area contributed by atoms with Crippen molar-refractivity contribution >= 4 is 23.3 Å². The Labute approximate surface area is 108 Å². The molecule has 0 atom stereocenters. The van der Waals surface area contributed by atoms with Crippen molar-refractivity contribution in [3.63, 3.8) is 0 Å². The van der Waals surface area contributed by atoms with E-state index in [1.54, 1.807) is 15.3 Å². The number of benzene rings is 1. The molecule has 0 fully saturated rings. The monoisotopic (exact) mass is 262 g/mol. The summed E-state index contributed by atoms with van der Waals surface area (Å²) in [4.78, 5) is 3.06. The number of hydrogen-bond donors (Lipinski definition) is 1. The van der Waals surface area contributed by atoms with Gasteiger partial charge in [-0.2, -0.15) is 5.10 Å². The molecule has 0 bridgehead atoms. The molecule has 0 aliphatic carbocycles. The molecule has 1 aromatic carbocycles. The van der Waals surface area contributed by atoms with Crippen LogP contribution in [0.1, 0.15) is 5.69 Å². The first-order chi connectivity index (χ1) is 8.56. The topological polar surface area (TPSA) is 38.5 Å². The fourth-order valence-corrected chi connectivity index (χ4v) is 2.43. The number of hydrogen-bond acceptors (Lipinski definition) is 2. The van der Waals surface area contributed by atoms with E-state index in [1.807, 2.05) is 20.2 Å². The van der Waals surface area contributed by atoms with Crippen molar-refractivity contribution in [3.05, 3.63) is 40.7 Å². The van der Waals surface area contributed by atoms with Crippen molar-refractivity contribution in [2.45, 2.75) is 6.92 Å². The Morgan fingerprint density at radius 2 is 2.17 bits per heavy atom. The molecule has 6 heteroatoms. The van der Waals surface area contributed by atoms with Gasteiger partial charge in [-0.15, -0.1) is 0 Å². The van der Waals surface area contributed by atoms with E-state index in [9.17, 15) is 4.39 Å². The highest BCUT2D eigenvalue weighted by atomic mass is 32.1. The number of nitrogens with one attached hydrogen (secondary N) is 1. The van der Waals surface area contributed by atoms with Crippen molar-refractivity contribution < 1.29 is 4.39 Å². The Morgan fingerprint density at radius 1 is 1.39 bits per heavy atom. The van der Waals surface area contributed by atoms with E-state index in [0.29, 0.717) is 4.77 Å². The number of halogens is 1. The maximum absolute atomic E-state index is 13.4. The summed E-state index contributed by atoms with van der Waals surface area (Å²) in [5.41, 5.74) is 3.24. The van der Waals surface area contributed by atoms with Gasteiger partial charge in [0, 0.05) is 19.3 Å². The molecule has 3 rings (SSSR count). The van der Waals surface area contributed by atoms with Crippen molar-refractivity contribution in [1.82, 2.24) is 19.3 Å². The Kier molecular flexibility index (Phi) is 2.34. The number of nitrogens with zero attached hydrogens (tertiary/aromatic N) is 3. The van der Waals surface area contributed by atoms with Crippen LogP contribution in [0.15, 0.2) is 24.4 Å². The van der Waals surface area contributed by atoms with Gasteiger partial charge in [-0.1, -0.05) is 0 Å². The summed E-state index contributed by atoms with van der Waals surface area (Å²) >= 11 is 5.30. The summed E-state index contributed by atoms with van der Waals surface area (Å²) in [7, 11) is 1.84.